The Kier molecular flexibility index (Phi) is 5.14. The summed E-state index contributed by atoms with van der Waals surface area (Å²) in [6.45, 7) is 5.16. The van der Waals surface area contributed by atoms with Gasteiger partial charge in [-0.2, -0.15) is 0 Å². The quantitative estimate of drug-likeness (QED) is 0.622. The molecule has 1 heterocycles. The van der Waals surface area contributed by atoms with Crippen molar-refractivity contribution in [3.05, 3.63) is 33.9 Å². The smallest absolute Gasteiger partial charge is 0.292 e. The number of methoxy groups -OCH3 is 1. The monoisotopic (exact) mass is 293 g/mol. The summed E-state index contributed by atoms with van der Waals surface area (Å²) in [7, 11) is 1.71. The van der Waals surface area contributed by atoms with Crippen LogP contribution < -0.4 is 10.6 Å². The second-order valence-electron chi connectivity index (χ2n) is 5.76. The predicted octanol–water partition coefficient (Wildman–Crippen LogP) is 2.33. The first-order valence-electron chi connectivity index (χ1n) is 7.25. The third kappa shape index (κ3) is 3.71. The highest BCUT2D eigenvalue weighted by Crippen LogP contribution is 2.33. The normalized spacial score (nSPS) is 17.4. The Morgan fingerprint density at radius 2 is 2.14 bits per heavy atom. The van der Waals surface area contributed by atoms with E-state index in [0.717, 1.165) is 31.5 Å². The molecule has 6 nitrogen and oxygen atoms in total. The topological polar surface area (TPSA) is 76.4 Å². The van der Waals surface area contributed by atoms with E-state index in [1.807, 2.05) is 13.0 Å². The minimum atomic E-state index is -0.333. The molecule has 0 bridgehead atoms. The highest BCUT2D eigenvalue weighted by atomic mass is 16.6. The summed E-state index contributed by atoms with van der Waals surface area (Å²) in [6, 6.07) is 5.15. The molecule has 0 unspecified atom stereocenters. The number of hydrogen-bond acceptors (Lipinski definition) is 5. The van der Waals surface area contributed by atoms with Gasteiger partial charge in [-0.15, -0.1) is 0 Å². The molecule has 21 heavy (non-hydrogen) atoms. The molecule has 1 saturated heterocycles. The highest BCUT2D eigenvalue weighted by molar-refractivity contribution is 5.66. The zero-order valence-electron chi connectivity index (χ0n) is 12.6. The average molecular weight is 293 g/mol. The third-order valence-corrected chi connectivity index (χ3v) is 4.20. The van der Waals surface area contributed by atoms with Crippen LogP contribution in [0.4, 0.5) is 11.4 Å². The van der Waals surface area contributed by atoms with Gasteiger partial charge in [0.2, 0.25) is 0 Å². The summed E-state index contributed by atoms with van der Waals surface area (Å²) in [5, 5.41) is 17.8. The molecule has 0 aliphatic carbocycles. The molecule has 6 heteroatoms. The molecule has 0 atom stereocenters. The van der Waals surface area contributed by atoms with E-state index in [2.05, 4.69) is 10.6 Å². The number of nitrogens with one attached hydrogen (secondary N) is 2. The standard InChI is InChI=1S/C15H23N3O3/c1-12-4-3-5-13(18(19)20)14(12)17-10-15(11-21-2)6-8-16-9-7-15/h3-5,16-17H,6-11H2,1-2H3. The minimum absolute atomic E-state index is 0.0378. The average Bonchev–Trinajstić information content (AvgIpc) is 2.47. The van der Waals surface area contributed by atoms with Gasteiger partial charge in [-0.25, -0.2) is 0 Å². The summed E-state index contributed by atoms with van der Waals surface area (Å²) < 4.78 is 5.38. The van der Waals surface area contributed by atoms with E-state index in [-0.39, 0.29) is 16.0 Å². The van der Waals surface area contributed by atoms with Crippen LogP contribution in [0.2, 0.25) is 0 Å². The van der Waals surface area contributed by atoms with Gasteiger partial charge in [-0.1, -0.05) is 12.1 Å². The Morgan fingerprint density at radius 1 is 1.43 bits per heavy atom. The lowest BCUT2D eigenvalue weighted by Crippen LogP contribution is -2.44. The zero-order valence-corrected chi connectivity index (χ0v) is 12.6. The van der Waals surface area contributed by atoms with Crippen LogP contribution in [0.3, 0.4) is 0 Å². The molecular weight excluding hydrogens is 270 g/mol. The van der Waals surface area contributed by atoms with Gasteiger partial charge >= 0.3 is 0 Å². The number of ether oxygens (including phenoxy) is 1. The molecule has 2 rings (SSSR count). The molecule has 1 aliphatic heterocycles. The van der Waals surface area contributed by atoms with Crippen molar-refractivity contribution in [3.8, 4) is 0 Å². The van der Waals surface area contributed by atoms with Crippen molar-refractivity contribution in [2.24, 2.45) is 5.41 Å². The lowest BCUT2D eigenvalue weighted by Gasteiger charge is -2.37. The van der Waals surface area contributed by atoms with Crippen LogP contribution in [0.15, 0.2) is 18.2 Å². The molecule has 0 aromatic heterocycles. The molecule has 0 spiro atoms. The summed E-state index contributed by atoms with van der Waals surface area (Å²) >= 11 is 0. The fourth-order valence-electron chi connectivity index (χ4n) is 2.95. The fourth-order valence-corrected chi connectivity index (χ4v) is 2.95. The number of para-hydroxylation sites is 1. The van der Waals surface area contributed by atoms with Gasteiger partial charge in [0.05, 0.1) is 11.5 Å². The summed E-state index contributed by atoms with van der Waals surface area (Å²) in [4.78, 5) is 10.8. The van der Waals surface area contributed by atoms with Crippen molar-refractivity contribution >= 4 is 11.4 Å². The number of hydrogen-bond donors (Lipinski definition) is 2. The van der Waals surface area contributed by atoms with Crippen molar-refractivity contribution in [2.75, 3.05) is 38.7 Å². The molecule has 116 valence electrons. The molecule has 0 radical (unpaired) electrons. The first kappa shape index (κ1) is 15.7. The van der Waals surface area contributed by atoms with Crippen molar-refractivity contribution in [1.82, 2.24) is 5.32 Å². The second kappa shape index (κ2) is 6.87. The van der Waals surface area contributed by atoms with Crippen LogP contribution in [0.1, 0.15) is 18.4 Å². The molecule has 0 saturated carbocycles. The highest BCUT2D eigenvalue weighted by Gasteiger charge is 2.32. The third-order valence-electron chi connectivity index (χ3n) is 4.20. The van der Waals surface area contributed by atoms with E-state index in [4.69, 9.17) is 4.74 Å². The van der Waals surface area contributed by atoms with Crippen molar-refractivity contribution in [2.45, 2.75) is 19.8 Å². The number of rotatable bonds is 6. The van der Waals surface area contributed by atoms with E-state index in [1.54, 1.807) is 19.2 Å². The van der Waals surface area contributed by atoms with Crippen molar-refractivity contribution in [3.63, 3.8) is 0 Å². The van der Waals surface area contributed by atoms with E-state index in [1.165, 1.54) is 0 Å². The minimum Gasteiger partial charge on any atom is -0.384 e. The van der Waals surface area contributed by atoms with Gasteiger partial charge in [0.1, 0.15) is 5.69 Å². The maximum Gasteiger partial charge on any atom is 0.292 e. The van der Waals surface area contributed by atoms with Crippen LogP contribution in [0, 0.1) is 22.5 Å². The van der Waals surface area contributed by atoms with Gasteiger partial charge in [0.25, 0.3) is 5.69 Å². The first-order valence-corrected chi connectivity index (χ1v) is 7.25. The first-order chi connectivity index (χ1) is 10.1. The largest absolute Gasteiger partial charge is 0.384 e. The lowest BCUT2D eigenvalue weighted by molar-refractivity contribution is -0.384. The zero-order chi connectivity index (χ0) is 15.3. The Bertz CT molecular complexity index is 493. The number of aryl methyl sites for hydroxylation is 1. The summed E-state index contributed by atoms with van der Waals surface area (Å²) in [6.07, 6.45) is 2.01. The van der Waals surface area contributed by atoms with Gasteiger partial charge < -0.3 is 15.4 Å². The Morgan fingerprint density at radius 3 is 2.76 bits per heavy atom. The molecule has 1 aromatic carbocycles. The number of nitro groups is 1. The number of nitrogens with zero attached hydrogens (tertiary/aromatic N) is 1. The van der Waals surface area contributed by atoms with Crippen LogP contribution in [0.5, 0.6) is 0 Å². The second-order valence-corrected chi connectivity index (χ2v) is 5.76. The number of anilines is 1. The molecular formula is C15H23N3O3. The molecule has 1 aliphatic rings. The number of benzene rings is 1. The Labute approximate surface area is 125 Å². The number of piperidine rings is 1. The van der Waals surface area contributed by atoms with Crippen LogP contribution in [-0.4, -0.2) is 38.3 Å². The van der Waals surface area contributed by atoms with E-state index in [9.17, 15) is 10.1 Å². The van der Waals surface area contributed by atoms with E-state index >= 15 is 0 Å². The Hall–Kier alpha value is -1.66. The molecule has 1 aromatic rings. The summed E-state index contributed by atoms with van der Waals surface area (Å²) in [5.41, 5.74) is 1.69. The fraction of sp³-hybridized carbons (Fsp3) is 0.600. The van der Waals surface area contributed by atoms with Crippen molar-refractivity contribution in [1.29, 1.82) is 0 Å². The maximum atomic E-state index is 11.2. The van der Waals surface area contributed by atoms with E-state index < -0.39 is 0 Å². The van der Waals surface area contributed by atoms with Crippen LogP contribution in [-0.2, 0) is 4.74 Å². The van der Waals surface area contributed by atoms with Gasteiger partial charge in [0, 0.05) is 25.1 Å². The lowest BCUT2D eigenvalue weighted by atomic mass is 9.79. The SMILES string of the molecule is COCC1(CNc2c(C)cccc2[N+](=O)[O-])CCNCC1. The molecule has 0 amide bonds. The molecule has 2 N–H and O–H groups in total. The van der Waals surface area contributed by atoms with Crippen molar-refractivity contribution < 1.29 is 9.66 Å². The van der Waals surface area contributed by atoms with Crippen LogP contribution >= 0.6 is 0 Å². The van der Waals surface area contributed by atoms with Gasteiger partial charge in [-0.05, 0) is 38.4 Å². The maximum absolute atomic E-state index is 11.2. The van der Waals surface area contributed by atoms with Crippen LogP contribution in [0.25, 0.3) is 0 Å². The predicted molar refractivity (Wildman–Crippen MR) is 82.7 cm³/mol. The summed E-state index contributed by atoms with van der Waals surface area (Å²) in [5.74, 6) is 0. The number of nitro benzene ring substituents is 1. The van der Waals surface area contributed by atoms with Gasteiger partial charge in [0.15, 0.2) is 0 Å². The van der Waals surface area contributed by atoms with E-state index in [0.29, 0.717) is 18.8 Å². The Balaban J connectivity index is 2.16. The molecule has 1 fully saturated rings. The van der Waals surface area contributed by atoms with Gasteiger partial charge in [-0.3, -0.25) is 10.1 Å².